The second-order valence-corrected chi connectivity index (χ2v) is 3.51. The SMILES string of the molecule is CCOC(=O)CC(=O)C(C)(C)OC(C)=O. The third kappa shape index (κ3) is 5.15. The van der Waals surface area contributed by atoms with E-state index in [1.54, 1.807) is 6.92 Å². The molecule has 0 aromatic heterocycles. The molecule has 0 amide bonds. The van der Waals surface area contributed by atoms with Gasteiger partial charge < -0.3 is 9.47 Å². The summed E-state index contributed by atoms with van der Waals surface area (Å²) in [5.41, 5.74) is -1.28. The first-order valence-electron chi connectivity index (χ1n) is 4.68. The molecule has 0 aromatic carbocycles. The third-order valence-electron chi connectivity index (χ3n) is 1.68. The maximum absolute atomic E-state index is 11.5. The van der Waals surface area contributed by atoms with E-state index in [1.165, 1.54) is 20.8 Å². The van der Waals surface area contributed by atoms with Gasteiger partial charge in [-0.05, 0) is 20.8 Å². The van der Waals surface area contributed by atoms with Crippen LogP contribution in [0.15, 0.2) is 0 Å². The van der Waals surface area contributed by atoms with Crippen LogP contribution in [0.4, 0.5) is 0 Å². The first-order valence-corrected chi connectivity index (χ1v) is 4.68. The van der Waals surface area contributed by atoms with E-state index in [0.717, 1.165) is 0 Å². The molecule has 0 saturated heterocycles. The minimum Gasteiger partial charge on any atom is -0.466 e. The molecule has 0 aliphatic carbocycles. The summed E-state index contributed by atoms with van der Waals surface area (Å²) in [6, 6.07) is 0. The Morgan fingerprint density at radius 2 is 1.73 bits per heavy atom. The largest absolute Gasteiger partial charge is 0.466 e. The van der Waals surface area contributed by atoms with Gasteiger partial charge in [0.2, 0.25) is 0 Å². The Hall–Kier alpha value is -1.39. The Morgan fingerprint density at radius 3 is 2.13 bits per heavy atom. The molecule has 0 radical (unpaired) electrons. The number of ketones is 1. The Kier molecular flexibility index (Phi) is 4.97. The zero-order valence-electron chi connectivity index (χ0n) is 9.46. The van der Waals surface area contributed by atoms with Crippen LogP contribution in [-0.4, -0.2) is 29.9 Å². The summed E-state index contributed by atoms with van der Waals surface area (Å²) < 4.78 is 9.39. The summed E-state index contributed by atoms with van der Waals surface area (Å²) >= 11 is 0. The lowest BCUT2D eigenvalue weighted by Gasteiger charge is -2.22. The molecule has 0 saturated carbocycles. The van der Waals surface area contributed by atoms with Crippen molar-refractivity contribution in [1.82, 2.24) is 0 Å². The second-order valence-electron chi connectivity index (χ2n) is 3.51. The predicted molar refractivity (Wildman–Crippen MR) is 52.1 cm³/mol. The minimum absolute atomic E-state index is 0.222. The van der Waals surface area contributed by atoms with Crippen LogP contribution in [0, 0.1) is 0 Å². The molecule has 0 aromatic rings. The molecule has 0 aliphatic heterocycles. The molecule has 0 aliphatic rings. The van der Waals surface area contributed by atoms with Gasteiger partial charge in [-0.3, -0.25) is 14.4 Å². The van der Waals surface area contributed by atoms with Crippen LogP contribution >= 0.6 is 0 Å². The number of carbonyl (C=O) groups excluding carboxylic acids is 3. The van der Waals surface area contributed by atoms with Gasteiger partial charge in [0.25, 0.3) is 0 Å². The Labute approximate surface area is 88.7 Å². The average Bonchev–Trinajstić information content (AvgIpc) is 2.01. The van der Waals surface area contributed by atoms with Gasteiger partial charge in [0.1, 0.15) is 6.42 Å². The molecule has 0 atom stereocenters. The van der Waals surface area contributed by atoms with E-state index in [4.69, 9.17) is 4.74 Å². The lowest BCUT2D eigenvalue weighted by Crippen LogP contribution is -2.38. The summed E-state index contributed by atoms with van der Waals surface area (Å²) in [4.78, 5) is 33.2. The number of hydrogen-bond donors (Lipinski definition) is 0. The van der Waals surface area contributed by atoms with Gasteiger partial charge in [0.15, 0.2) is 11.4 Å². The van der Waals surface area contributed by atoms with Crippen LogP contribution in [0.2, 0.25) is 0 Å². The van der Waals surface area contributed by atoms with Crippen molar-refractivity contribution in [2.45, 2.75) is 39.7 Å². The average molecular weight is 216 g/mol. The van der Waals surface area contributed by atoms with Crippen molar-refractivity contribution in [1.29, 1.82) is 0 Å². The Balaban J connectivity index is 4.30. The van der Waals surface area contributed by atoms with E-state index >= 15 is 0 Å². The van der Waals surface area contributed by atoms with Gasteiger partial charge in [-0.2, -0.15) is 0 Å². The van der Waals surface area contributed by atoms with E-state index in [0.29, 0.717) is 0 Å². The first-order chi connectivity index (χ1) is 6.79. The highest BCUT2D eigenvalue weighted by Crippen LogP contribution is 2.13. The predicted octanol–water partition coefficient (Wildman–Crippen LogP) is 0.850. The molecule has 5 heteroatoms. The topological polar surface area (TPSA) is 69.7 Å². The normalized spacial score (nSPS) is 10.7. The molecule has 0 fully saturated rings. The fourth-order valence-corrected chi connectivity index (χ4v) is 0.972. The summed E-state index contributed by atoms with van der Waals surface area (Å²) in [5.74, 6) is -1.64. The number of carbonyl (C=O) groups is 3. The molecular formula is C10H16O5. The molecule has 0 rings (SSSR count). The molecule has 5 nitrogen and oxygen atoms in total. The quantitative estimate of drug-likeness (QED) is 0.503. The van der Waals surface area contributed by atoms with Crippen molar-refractivity contribution < 1.29 is 23.9 Å². The Bertz CT molecular complexity index is 267. The van der Waals surface area contributed by atoms with Crippen LogP contribution in [-0.2, 0) is 23.9 Å². The van der Waals surface area contributed by atoms with Crippen LogP contribution < -0.4 is 0 Å². The number of ether oxygens (including phenoxy) is 2. The highest BCUT2D eigenvalue weighted by atomic mass is 16.6. The number of Topliss-reactive ketones (excluding diaryl/α,β-unsaturated/α-hetero) is 1. The number of hydrogen-bond acceptors (Lipinski definition) is 5. The lowest BCUT2D eigenvalue weighted by atomic mass is 10.0. The zero-order chi connectivity index (χ0) is 12.1. The summed E-state index contributed by atoms with van der Waals surface area (Å²) in [5, 5.41) is 0. The van der Waals surface area contributed by atoms with Crippen molar-refractivity contribution in [3.63, 3.8) is 0 Å². The maximum Gasteiger partial charge on any atom is 0.313 e. The Morgan fingerprint density at radius 1 is 1.20 bits per heavy atom. The van der Waals surface area contributed by atoms with E-state index in [-0.39, 0.29) is 13.0 Å². The fraction of sp³-hybridized carbons (Fsp3) is 0.700. The van der Waals surface area contributed by atoms with Gasteiger partial charge in [-0.1, -0.05) is 0 Å². The first kappa shape index (κ1) is 13.6. The second kappa shape index (κ2) is 5.48. The van der Waals surface area contributed by atoms with Gasteiger partial charge in [-0.25, -0.2) is 0 Å². The fourth-order valence-electron chi connectivity index (χ4n) is 0.972. The van der Waals surface area contributed by atoms with Gasteiger partial charge >= 0.3 is 11.9 Å². The monoisotopic (exact) mass is 216 g/mol. The van der Waals surface area contributed by atoms with Gasteiger partial charge in [0, 0.05) is 6.92 Å². The molecule has 0 bridgehead atoms. The minimum atomic E-state index is -1.28. The highest BCUT2D eigenvalue weighted by molar-refractivity contribution is 6.00. The molecule has 15 heavy (non-hydrogen) atoms. The highest BCUT2D eigenvalue weighted by Gasteiger charge is 2.32. The van der Waals surface area contributed by atoms with E-state index in [9.17, 15) is 14.4 Å². The zero-order valence-corrected chi connectivity index (χ0v) is 9.46. The van der Waals surface area contributed by atoms with Crippen LogP contribution in [0.1, 0.15) is 34.1 Å². The standard InChI is InChI=1S/C10H16O5/c1-5-14-9(13)6-8(12)10(3,4)15-7(2)11/h5-6H2,1-4H3. The van der Waals surface area contributed by atoms with Crippen LogP contribution in [0.25, 0.3) is 0 Å². The van der Waals surface area contributed by atoms with Gasteiger partial charge in [-0.15, -0.1) is 0 Å². The maximum atomic E-state index is 11.5. The van der Waals surface area contributed by atoms with Crippen molar-refractivity contribution in [2.75, 3.05) is 6.61 Å². The summed E-state index contributed by atoms with van der Waals surface area (Å²) in [6.07, 6.45) is -0.381. The molecule has 0 spiro atoms. The molecular weight excluding hydrogens is 200 g/mol. The lowest BCUT2D eigenvalue weighted by molar-refractivity contribution is -0.164. The van der Waals surface area contributed by atoms with Crippen molar-refractivity contribution in [2.24, 2.45) is 0 Å². The molecule has 0 N–H and O–H groups in total. The summed E-state index contributed by atoms with van der Waals surface area (Å²) in [7, 11) is 0. The van der Waals surface area contributed by atoms with Crippen molar-refractivity contribution in [3.8, 4) is 0 Å². The number of esters is 2. The smallest absolute Gasteiger partial charge is 0.313 e. The van der Waals surface area contributed by atoms with Crippen LogP contribution in [0.3, 0.4) is 0 Å². The van der Waals surface area contributed by atoms with E-state index in [1.807, 2.05) is 0 Å². The molecule has 0 heterocycles. The molecule has 0 unspecified atom stereocenters. The third-order valence-corrected chi connectivity index (χ3v) is 1.68. The van der Waals surface area contributed by atoms with Crippen LogP contribution in [0.5, 0.6) is 0 Å². The molecule has 86 valence electrons. The van der Waals surface area contributed by atoms with E-state index in [2.05, 4.69) is 4.74 Å². The van der Waals surface area contributed by atoms with Crippen molar-refractivity contribution >= 4 is 17.7 Å². The summed E-state index contributed by atoms with van der Waals surface area (Å²) in [6.45, 7) is 5.96. The van der Waals surface area contributed by atoms with Gasteiger partial charge in [0.05, 0.1) is 6.61 Å². The number of rotatable bonds is 5. The van der Waals surface area contributed by atoms with E-state index < -0.39 is 23.3 Å². The van der Waals surface area contributed by atoms with Crippen molar-refractivity contribution in [3.05, 3.63) is 0 Å².